The molecule has 25 heteroatoms. The topological polar surface area (TPSA) is 281 Å². The van der Waals surface area contributed by atoms with Crippen LogP contribution in [0.15, 0.2) is 37.2 Å². The third-order valence-corrected chi connectivity index (χ3v) is 9.72. The fourth-order valence-corrected chi connectivity index (χ4v) is 6.76. The number of halogens is 1. The van der Waals surface area contributed by atoms with Crippen molar-refractivity contribution in [2.75, 3.05) is 13.3 Å². The first-order valence-corrected chi connectivity index (χ1v) is 16.7. The van der Waals surface area contributed by atoms with E-state index < -0.39 is 47.3 Å². The van der Waals surface area contributed by atoms with Gasteiger partial charge < -0.3 is 20.2 Å². The van der Waals surface area contributed by atoms with Crippen LogP contribution in [0.2, 0.25) is 0 Å². The lowest BCUT2D eigenvalue weighted by Crippen LogP contribution is -2.30. The molecule has 1 fully saturated rings. The van der Waals surface area contributed by atoms with Crippen LogP contribution in [0.1, 0.15) is 37.1 Å². The fraction of sp³-hybridized carbons (Fsp3) is 0.545. The average Bonchev–Trinajstić information content (AvgIpc) is 3.81. The zero-order valence-corrected chi connectivity index (χ0v) is 26.0. The van der Waals surface area contributed by atoms with Crippen LogP contribution in [0.4, 0.5) is 16.3 Å². The van der Waals surface area contributed by atoms with Gasteiger partial charge in [0.15, 0.2) is 13.3 Å². The third-order valence-electron chi connectivity index (χ3n) is 6.76. The van der Waals surface area contributed by atoms with Gasteiger partial charge in [0.2, 0.25) is 0 Å². The number of nitrogens with zero attached hydrogens (tertiary/aromatic N) is 12. The molecule has 0 amide bonds. The third kappa shape index (κ3) is 9.63. The van der Waals surface area contributed by atoms with Gasteiger partial charge in [0.1, 0.15) is 24.8 Å². The first kappa shape index (κ1) is 35.1. The van der Waals surface area contributed by atoms with Gasteiger partial charge in [-0.1, -0.05) is 20.4 Å². The molecule has 0 saturated carbocycles. The Labute approximate surface area is 265 Å². The first-order valence-electron chi connectivity index (χ1n) is 13.8. The molecule has 4 aromatic heterocycles. The summed E-state index contributed by atoms with van der Waals surface area (Å²) in [6.07, 6.45) is 9.62. The number of alkyl halides is 1. The van der Waals surface area contributed by atoms with Crippen LogP contribution in [0.5, 0.6) is 0 Å². The lowest BCUT2D eigenvalue weighted by atomic mass is 10.1. The van der Waals surface area contributed by atoms with Crippen LogP contribution >= 0.6 is 0 Å². The highest BCUT2D eigenvalue weighted by Gasteiger charge is 2.31. The molecule has 0 spiro atoms. The van der Waals surface area contributed by atoms with E-state index in [1.807, 2.05) is 0 Å². The summed E-state index contributed by atoms with van der Waals surface area (Å²) in [5.41, 5.74) is 0.756. The highest BCUT2D eigenvalue weighted by Crippen LogP contribution is 2.21. The van der Waals surface area contributed by atoms with Crippen molar-refractivity contribution in [1.82, 2.24) is 49.1 Å². The molecular formula is C22H29FN12O10S2. The van der Waals surface area contributed by atoms with Crippen LogP contribution in [0, 0.1) is 20.2 Å². The highest BCUT2D eigenvalue weighted by molar-refractivity contribution is 7.87. The summed E-state index contributed by atoms with van der Waals surface area (Å²) in [5, 5.41) is 35.1. The van der Waals surface area contributed by atoms with E-state index in [-0.39, 0.29) is 63.2 Å². The summed E-state index contributed by atoms with van der Waals surface area (Å²) < 4.78 is 77.6. The second-order valence-corrected chi connectivity index (χ2v) is 13.7. The Kier molecular flexibility index (Phi) is 11.4. The normalized spacial score (nSPS) is 16.7. The molecule has 1 aliphatic rings. The number of hydrogen-bond acceptors (Lipinski definition) is 15. The zero-order valence-electron chi connectivity index (χ0n) is 24.4. The number of rotatable bonds is 14. The predicted molar refractivity (Wildman–Crippen MR) is 154 cm³/mol. The molecule has 22 nitrogen and oxygen atoms in total. The van der Waals surface area contributed by atoms with E-state index in [2.05, 4.69) is 30.6 Å². The van der Waals surface area contributed by atoms with Crippen molar-refractivity contribution in [1.29, 1.82) is 0 Å². The van der Waals surface area contributed by atoms with Gasteiger partial charge in [-0.3, -0.25) is 13.1 Å². The Hall–Kier alpha value is -4.75. The molecule has 0 bridgehead atoms. The molecule has 1 aliphatic heterocycles. The standard InChI is InChI=1S/C11H15FN6O5S.C11H14N6O5S/c12-3-1-2-10(24(21,22)23)6-9-7-17(15-14-9)8-16-5-4-13-11(16)18(19)20;18-17(19)11-12-3-4-15(11)8-16-7-9(13-14-16)6-10-2-1-5-22-23(10,20)21/h4-5,7,10H,1-3,6,8H2,(H,21,22,23);3-4,7,10H,1-2,5-6,8H2/i12-1;. The number of aromatic nitrogens is 10. The Morgan fingerprint density at radius 3 is 2.06 bits per heavy atom. The van der Waals surface area contributed by atoms with Crippen LogP contribution in [0.25, 0.3) is 0 Å². The number of hydrogen-bond donors (Lipinski definition) is 1. The van der Waals surface area contributed by atoms with Crippen molar-refractivity contribution < 1.29 is 39.8 Å². The summed E-state index contributed by atoms with van der Waals surface area (Å²) in [6, 6.07) is 0. The molecule has 0 aliphatic carbocycles. The Balaban J connectivity index is 0.000000213. The molecule has 5 heterocycles. The minimum Gasteiger partial charge on any atom is -0.390 e. The molecular weight excluding hydrogens is 674 g/mol. The summed E-state index contributed by atoms with van der Waals surface area (Å²) in [5.74, 6) is -0.670. The van der Waals surface area contributed by atoms with Crippen molar-refractivity contribution in [3.63, 3.8) is 0 Å². The largest absolute Gasteiger partial charge is 0.436 e. The van der Waals surface area contributed by atoms with Gasteiger partial charge in [-0.2, -0.15) is 16.8 Å². The van der Waals surface area contributed by atoms with Gasteiger partial charge in [0.05, 0.1) is 47.6 Å². The minimum absolute atomic E-state index is 0.000173. The van der Waals surface area contributed by atoms with E-state index in [0.29, 0.717) is 18.5 Å². The van der Waals surface area contributed by atoms with Crippen molar-refractivity contribution >= 4 is 32.1 Å². The van der Waals surface area contributed by atoms with E-state index in [1.165, 1.54) is 49.5 Å². The first-order chi connectivity index (χ1) is 22.3. The van der Waals surface area contributed by atoms with Crippen molar-refractivity contribution in [2.24, 2.45) is 0 Å². The maximum atomic E-state index is 12.2. The maximum absolute atomic E-state index is 12.2. The Morgan fingerprint density at radius 2 is 1.55 bits per heavy atom. The molecule has 5 rings (SSSR count). The number of nitro groups is 2. The van der Waals surface area contributed by atoms with E-state index in [9.17, 15) is 46.0 Å². The summed E-state index contributed by atoms with van der Waals surface area (Å²) in [4.78, 5) is 27.6. The fourth-order valence-electron chi connectivity index (χ4n) is 4.54. The molecule has 1 saturated heterocycles. The summed E-state index contributed by atoms with van der Waals surface area (Å²) >= 11 is 0. The molecule has 2 atom stereocenters. The molecule has 2 unspecified atom stereocenters. The molecule has 0 aromatic carbocycles. The monoisotopic (exact) mass is 703 g/mol. The lowest BCUT2D eigenvalue weighted by molar-refractivity contribution is -0.397. The Bertz CT molecular complexity index is 1890. The summed E-state index contributed by atoms with van der Waals surface area (Å²) in [7, 11) is -7.90. The number of imidazole rings is 2. The zero-order chi connectivity index (χ0) is 34.2. The lowest BCUT2D eigenvalue weighted by Gasteiger charge is -2.20. The van der Waals surface area contributed by atoms with Gasteiger partial charge in [0, 0.05) is 12.8 Å². The molecule has 256 valence electrons. The maximum Gasteiger partial charge on any atom is 0.436 e. The molecule has 1 N–H and O–H groups in total. The van der Waals surface area contributed by atoms with E-state index >= 15 is 0 Å². The molecule has 4 aromatic rings. The van der Waals surface area contributed by atoms with Crippen molar-refractivity contribution in [2.45, 2.75) is 62.4 Å². The quantitative estimate of drug-likeness (QED) is 0.0803. The van der Waals surface area contributed by atoms with Gasteiger partial charge in [-0.15, -0.1) is 10.2 Å². The van der Waals surface area contributed by atoms with Crippen LogP contribution in [0.3, 0.4) is 0 Å². The van der Waals surface area contributed by atoms with Crippen LogP contribution in [-0.4, -0.2) is 104 Å². The predicted octanol–water partition coefficient (Wildman–Crippen LogP) is 0.377. The van der Waals surface area contributed by atoms with Gasteiger partial charge >= 0.3 is 11.9 Å². The van der Waals surface area contributed by atoms with Crippen LogP contribution < -0.4 is 0 Å². The Morgan fingerprint density at radius 1 is 1.00 bits per heavy atom. The van der Waals surface area contributed by atoms with Gasteiger partial charge in [0.25, 0.3) is 20.2 Å². The van der Waals surface area contributed by atoms with Crippen molar-refractivity contribution in [3.05, 3.63) is 68.8 Å². The average molecular weight is 704 g/mol. The van der Waals surface area contributed by atoms with Crippen molar-refractivity contribution in [3.8, 4) is 0 Å². The highest BCUT2D eigenvalue weighted by atomic mass is 32.2. The SMILES string of the molecule is O=[N+]([O-])c1nccn1Cn1cc(CC(CCC[18F])S(=O)(=O)O)nn1.O=[N+]([O-])c1nccn1Cn1cc(CC2CCCOS2(=O)=O)nn1. The molecule has 0 radical (unpaired) electrons. The smallest absolute Gasteiger partial charge is 0.390 e. The van der Waals surface area contributed by atoms with E-state index in [1.54, 1.807) is 6.20 Å². The minimum atomic E-state index is -4.34. The van der Waals surface area contributed by atoms with Crippen LogP contribution in [-0.2, 0) is 50.6 Å². The second-order valence-electron chi connectivity index (χ2n) is 10.1. The van der Waals surface area contributed by atoms with E-state index in [0.717, 1.165) is 0 Å². The van der Waals surface area contributed by atoms with E-state index in [4.69, 9.17) is 4.18 Å². The second kappa shape index (κ2) is 15.2. The molecule has 47 heavy (non-hydrogen) atoms. The van der Waals surface area contributed by atoms with Gasteiger partial charge in [-0.05, 0) is 35.5 Å². The van der Waals surface area contributed by atoms with Gasteiger partial charge in [-0.25, -0.2) is 18.5 Å². The summed E-state index contributed by atoms with van der Waals surface area (Å²) in [6.45, 7) is -0.444.